The molecule has 2 rings (SSSR count). The molecule has 1 aromatic rings. The van der Waals surface area contributed by atoms with E-state index in [0.29, 0.717) is 18.0 Å². The van der Waals surface area contributed by atoms with Crippen molar-refractivity contribution in [2.45, 2.75) is 33.6 Å². The first-order chi connectivity index (χ1) is 9.74. The molecule has 0 saturated carbocycles. The number of anilines is 1. The van der Waals surface area contributed by atoms with E-state index in [1.54, 1.807) is 0 Å². The molecule has 0 bridgehead atoms. The first-order valence-corrected chi connectivity index (χ1v) is 6.95. The van der Waals surface area contributed by atoms with Gasteiger partial charge in [0.1, 0.15) is 0 Å². The van der Waals surface area contributed by atoms with E-state index in [-0.39, 0.29) is 23.8 Å². The Morgan fingerprint density at radius 2 is 1.86 bits per heavy atom. The van der Waals surface area contributed by atoms with Gasteiger partial charge in [-0.1, -0.05) is 20.8 Å². The summed E-state index contributed by atoms with van der Waals surface area (Å²) in [5, 5.41) is 8.88. The molecule has 1 atom stereocenters. The average molecular weight is 289 g/mol. The summed E-state index contributed by atoms with van der Waals surface area (Å²) in [4.78, 5) is 36.8. The second kappa shape index (κ2) is 5.31. The van der Waals surface area contributed by atoms with Crippen LogP contribution in [0.15, 0.2) is 24.3 Å². The lowest BCUT2D eigenvalue weighted by Gasteiger charge is -2.24. The Labute approximate surface area is 123 Å². The van der Waals surface area contributed by atoms with Crippen LogP contribution in [-0.4, -0.2) is 22.9 Å². The number of nitrogens with zero attached hydrogens (tertiary/aromatic N) is 1. The van der Waals surface area contributed by atoms with Crippen LogP contribution in [-0.2, 0) is 9.59 Å². The molecule has 1 saturated heterocycles. The molecule has 5 heteroatoms. The van der Waals surface area contributed by atoms with Crippen LogP contribution in [0.25, 0.3) is 0 Å². The van der Waals surface area contributed by atoms with E-state index in [9.17, 15) is 14.4 Å². The van der Waals surface area contributed by atoms with Gasteiger partial charge in [0.25, 0.3) is 0 Å². The van der Waals surface area contributed by atoms with Gasteiger partial charge in [-0.25, -0.2) is 4.79 Å². The molecule has 1 N–H and O–H groups in total. The normalized spacial score (nSPS) is 22.2. The number of carbonyl (C=O) groups excluding carboxylic acids is 2. The summed E-state index contributed by atoms with van der Waals surface area (Å²) >= 11 is 0. The van der Waals surface area contributed by atoms with E-state index in [0.717, 1.165) is 0 Å². The van der Waals surface area contributed by atoms with Crippen molar-refractivity contribution in [2.24, 2.45) is 11.3 Å². The fourth-order valence-corrected chi connectivity index (χ4v) is 2.95. The van der Waals surface area contributed by atoms with Crippen LogP contribution in [0.1, 0.15) is 44.0 Å². The fraction of sp³-hybridized carbons (Fsp3) is 0.438. The fourth-order valence-electron chi connectivity index (χ4n) is 2.95. The lowest BCUT2D eigenvalue weighted by molar-refractivity contribution is -0.125. The highest BCUT2D eigenvalue weighted by atomic mass is 16.4. The van der Waals surface area contributed by atoms with Crippen LogP contribution in [0.3, 0.4) is 0 Å². The van der Waals surface area contributed by atoms with Crippen molar-refractivity contribution >= 4 is 23.5 Å². The minimum atomic E-state index is -1.04. The summed E-state index contributed by atoms with van der Waals surface area (Å²) in [6.45, 7) is 5.86. The monoisotopic (exact) mass is 289 g/mol. The van der Waals surface area contributed by atoms with Gasteiger partial charge >= 0.3 is 5.97 Å². The summed E-state index contributed by atoms with van der Waals surface area (Å²) in [5.74, 6) is -1.15. The van der Waals surface area contributed by atoms with Crippen molar-refractivity contribution in [3.63, 3.8) is 0 Å². The van der Waals surface area contributed by atoms with Crippen LogP contribution >= 0.6 is 0 Å². The number of carbonyl (C=O) groups is 3. The number of hydrogen-bond acceptors (Lipinski definition) is 3. The number of aromatic carboxylic acids is 1. The molecule has 5 nitrogen and oxygen atoms in total. The van der Waals surface area contributed by atoms with Gasteiger partial charge in [-0.05, 0) is 36.6 Å². The zero-order valence-corrected chi connectivity index (χ0v) is 12.4. The SMILES string of the molecule is CC(C)CC1(C)CC(=O)N(c2ccc(C(=O)O)cc2)C1=O. The second-order valence-electron chi connectivity index (χ2n) is 6.22. The molecule has 0 spiro atoms. The number of hydrogen-bond donors (Lipinski definition) is 1. The molecule has 1 aromatic carbocycles. The van der Waals surface area contributed by atoms with E-state index >= 15 is 0 Å². The van der Waals surface area contributed by atoms with E-state index in [1.807, 2.05) is 20.8 Å². The molecular weight excluding hydrogens is 270 g/mol. The van der Waals surface area contributed by atoms with Gasteiger partial charge in [-0.2, -0.15) is 0 Å². The summed E-state index contributed by atoms with van der Waals surface area (Å²) in [7, 11) is 0. The van der Waals surface area contributed by atoms with Gasteiger partial charge in [0, 0.05) is 6.42 Å². The highest BCUT2D eigenvalue weighted by Crippen LogP contribution is 2.40. The molecule has 0 aromatic heterocycles. The molecular formula is C16H19NO4. The van der Waals surface area contributed by atoms with Crippen molar-refractivity contribution < 1.29 is 19.5 Å². The van der Waals surface area contributed by atoms with Crippen molar-refractivity contribution in [3.05, 3.63) is 29.8 Å². The zero-order chi connectivity index (χ0) is 15.8. The number of imide groups is 1. The predicted octanol–water partition coefficient (Wildman–Crippen LogP) is 2.70. The van der Waals surface area contributed by atoms with Gasteiger partial charge in [-0.15, -0.1) is 0 Å². The maximum absolute atomic E-state index is 12.6. The minimum absolute atomic E-state index is 0.128. The van der Waals surface area contributed by atoms with Crippen LogP contribution in [0.5, 0.6) is 0 Å². The molecule has 1 unspecified atom stereocenters. The van der Waals surface area contributed by atoms with Gasteiger partial charge in [-0.3, -0.25) is 14.5 Å². The number of benzene rings is 1. The second-order valence-corrected chi connectivity index (χ2v) is 6.22. The molecule has 1 heterocycles. The molecule has 21 heavy (non-hydrogen) atoms. The minimum Gasteiger partial charge on any atom is -0.478 e. The molecule has 1 aliphatic rings. The van der Waals surface area contributed by atoms with Gasteiger partial charge in [0.15, 0.2) is 0 Å². The highest BCUT2D eigenvalue weighted by Gasteiger charge is 2.48. The first kappa shape index (κ1) is 15.2. The maximum atomic E-state index is 12.6. The quantitative estimate of drug-likeness (QED) is 0.865. The summed E-state index contributed by atoms with van der Waals surface area (Å²) < 4.78 is 0. The Hall–Kier alpha value is -2.17. The Bertz CT molecular complexity index is 591. The molecule has 1 fully saturated rings. The van der Waals surface area contributed by atoms with E-state index in [4.69, 9.17) is 5.11 Å². The molecule has 112 valence electrons. The summed E-state index contributed by atoms with van der Waals surface area (Å²) in [6.07, 6.45) is 0.853. The Morgan fingerprint density at radius 1 is 1.29 bits per heavy atom. The molecule has 1 aliphatic heterocycles. The smallest absolute Gasteiger partial charge is 0.335 e. The Morgan fingerprint density at radius 3 is 2.33 bits per heavy atom. The van der Waals surface area contributed by atoms with Gasteiger partial charge in [0.2, 0.25) is 11.8 Å². The van der Waals surface area contributed by atoms with Crippen LogP contribution in [0, 0.1) is 11.3 Å². The topological polar surface area (TPSA) is 74.7 Å². The summed E-state index contributed by atoms with van der Waals surface area (Å²) in [6, 6.07) is 5.80. The largest absolute Gasteiger partial charge is 0.478 e. The summed E-state index contributed by atoms with van der Waals surface area (Å²) in [5.41, 5.74) is -0.109. The van der Waals surface area contributed by atoms with Gasteiger partial charge in [0.05, 0.1) is 16.7 Å². The van der Waals surface area contributed by atoms with Crippen molar-refractivity contribution in [2.75, 3.05) is 4.90 Å². The third-order valence-corrected chi connectivity index (χ3v) is 3.74. The highest BCUT2D eigenvalue weighted by molar-refractivity contribution is 6.22. The Kier molecular flexibility index (Phi) is 3.85. The van der Waals surface area contributed by atoms with Crippen LogP contribution in [0.4, 0.5) is 5.69 Å². The van der Waals surface area contributed by atoms with Crippen molar-refractivity contribution in [1.82, 2.24) is 0 Å². The third-order valence-electron chi connectivity index (χ3n) is 3.74. The van der Waals surface area contributed by atoms with Gasteiger partial charge < -0.3 is 5.11 Å². The predicted molar refractivity (Wildman–Crippen MR) is 78.1 cm³/mol. The maximum Gasteiger partial charge on any atom is 0.335 e. The first-order valence-electron chi connectivity index (χ1n) is 6.95. The molecule has 2 amide bonds. The molecule has 0 aliphatic carbocycles. The molecule has 0 radical (unpaired) electrons. The number of rotatable bonds is 4. The van der Waals surface area contributed by atoms with E-state index in [1.165, 1.54) is 29.2 Å². The van der Waals surface area contributed by atoms with E-state index in [2.05, 4.69) is 0 Å². The zero-order valence-electron chi connectivity index (χ0n) is 12.4. The van der Waals surface area contributed by atoms with Crippen LogP contribution < -0.4 is 4.90 Å². The van der Waals surface area contributed by atoms with Crippen molar-refractivity contribution in [1.29, 1.82) is 0 Å². The lowest BCUT2D eigenvalue weighted by atomic mass is 9.80. The number of carboxylic acid groups (broad SMARTS) is 1. The van der Waals surface area contributed by atoms with Crippen LogP contribution in [0.2, 0.25) is 0 Å². The number of carboxylic acids is 1. The average Bonchev–Trinajstić information content (AvgIpc) is 2.59. The third kappa shape index (κ3) is 2.82. The number of amides is 2. The standard InChI is InChI=1S/C16H19NO4/c1-10(2)8-16(3)9-13(18)17(15(16)21)12-6-4-11(5-7-12)14(19)20/h4-7,10H,8-9H2,1-3H3,(H,19,20). The van der Waals surface area contributed by atoms with E-state index < -0.39 is 11.4 Å². The lowest BCUT2D eigenvalue weighted by Crippen LogP contribution is -2.34. The Balaban J connectivity index is 2.30. The van der Waals surface area contributed by atoms with Crippen molar-refractivity contribution in [3.8, 4) is 0 Å².